The molecule has 0 radical (unpaired) electrons. The molecule has 0 aliphatic carbocycles. The van der Waals surface area contributed by atoms with Crippen molar-refractivity contribution in [1.29, 1.82) is 0 Å². The minimum Gasteiger partial charge on any atom is -0.333 e. The summed E-state index contributed by atoms with van der Waals surface area (Å²) in [5.41, 5.74) is 2.82. The topological polar surface area (TPSA) is 73.5 Å². The summed E-state index contributed by atoms with van der Waals surface area (Å²) < 4.78 is 0. The molecule has 150 valence electrons. The molecule has 3 rings (SSSR count). The highest BCUT2D eigenvalue weighted by molar-refractivity contribution is 6.02. The van der Waals surface area contributed by atoms with Crippen molar-refractivity contribution in [2.75, 3.05) is 23.7 Å². The van der Waals surface area contributed by atoms with Crippen LogP contribution in [0.15, 0.2) is 48.5 Å². The van der Waals surface area contributed by atoms with Gasteiger partial charge in [-0.05, 0) is 50.6 Å². The molecule has 3 N–H and O–H groups in total. The van der Waals surface area contributed by atoms with Crippen molar-refractivity contribution in [2.24, 2.45) is 0 Å². The molecule has 2 atom stereocenters. The molecule has 7 heteroatoms. The molecule has 3 amide bonds. The van der Waals surface area contributed by atoms with E-state index in [1.165, 1.54) is 0 Å². The fourth-order valence-corrected chi connectivity index (χ4v) is 3.20. The van der Waals surface area contributed by atoms with Gasteiger partial charge < -0.3 is 20.9 Å². The number of benzene rings is 2. The fourth-order valence-electron chi connectivity index (χ4n) is 3.20. The number of hydrogen-bond acceptors (Lipinski definition) is 3. The number of hydrogen-bond donors (Lipinski definition) is 3. The Morgan fingerprint density at radius 1 is 1.07 bits per heavy atom. The lowest BCUT2D eigenvalue weighted by Gasteiger charge is -2.38. The summed E-state index contributed by atoms with van der Waals surface area (Å²) in [4.78, 5) is 27.1. The molecular formula is C21H27ClN4O2. The van der Waals surface area contributed by atoms with Gasteiger partial charge in [0.25, 0.3) is 5.91 Å². The van der Waals surface area contributed by atoms with Crippen LogP contribution in [-0.4, -0.2) is 42.0 Å². The number of rotatable bonds is 3. The molecule has 0 aromatic heterocycles. The first-order chi connectivity index (χ1) is 13.0. The normalized spacial score (nSPS) is 18.8. The third kappa shape index (κ3) is 5.03. The Hall–Kier alpha value is -2.57. The molecule has 1 heterocycles. The first-order valence-corrected chi connectivity index (χ1v) is 9.24. The molecule has 0 spiro atoms. The zero-order valence-corrected chi connectivity index (χ0v) is 17.2. The van der Waals surface area contributed by atoms with Crippen LogP contribution in [0.4, 0.5) is 16.2 Å². The molecule has 0 saturated carbocycles. The molecule has 28 heavy (non-hydrogen) atoms. The number of carbonyl (C=O) groups is 2. The summed E-state index contributed by atoms with van der Waals surface area (Å²) in [5, 5.41) is 9.01. The molecular weight excluding hydrogens is 376 g/mol. The van der Waals surface area contributed by atoms with E-state index < -0.39 is 0 Å². The van der Waals surface area contributed by atoms with E-state index in [2.05, 4.69) is 29.8 Å². The smallest absolute Gasteiger partial charge is 0.323 e. The summed E-state index contributed by atoms with van der Waals surface area (Å²) in [6, 6.07) is 14.7. The molecule has 2 aromatic rings. The van der Waals surface area contributed by atoms with Gasteiger partial charge in [0.15, 0.2) is 0 Å². The second-order valence-corrected chi connectivity index (χ2v) is 6.96. The van der Waals surface area contributed by atoms with Gasteiger partial charge >= 0.3 is 6.03 Å². The van der Waals surface area contributed by atoms with Crippen LogP contribution in [-0.2, 0) is 0 Å². The van der Waals surface area contributed by atoms with E-state index in [0.29, 0.717) is 23.5 Å². The number of piperazine rings is 1. The molecule has 2 unspecified atom stereocenters. The highest BCUT2D eigenvalue weighted by Gasteiger charge is 2.28. The summed E-state index contributed by atoms with van der Waals surface area (Å²) in [6.07, 6.45) is 0. The van der Waals surface area contributed by atoms with Crippen LogP contribution >= 0.6 is 12.4 Å². The van der Waals surface area contributed by atoms with Crippen LogP contribution in [0, 0.1) is 6.92 Å². The minimum absolute atomic E-state index is 0. The van der Waals surface area contributed by atoms with Crippen LogP contribution in [0.1, 0.15) is 29.8 Å². The quantitative estimate of drug-likeness (QED) is 0.729. The number of urea groups is 1. The van der Waals surface area contributed by atoms with Gasteiger partial charge in [-0.25, -0.2) is 4.79 Å². The predicted octanol–water partition coefficient (Wildman–Crippen LogP) is 3.88. The van der Waals surface area contributed by atoms with Crippen molar-refractivity contribution in [1.82, 2.24) is 10.2 Å². The first-order valence-electron chi connectivity index (χ1n) is 9.24. The third-order valence-corrected chi connectivity index (χ3v) is 5.06. The van der Waals surface area contributed by atoms with Gasteiger partial charge in [0.1, 0.15) is 0 Å². The summed E-state index contributed by atoms with van der Waals surface area (Å²) in [6.45, 7) is 7.50. The number of nitrogens with zero attached hydrogens (tertiary/aromatic N) is 1. The Kier molecular flexibility index (Phi) is 7.43. The summed E-state index contributed by atoms with van der Waals surface area (Å²) in [5.74, 6) is -0.0117. The predicted molar refractivity (Wildman–Crippen MR) is 115 cm³/mol. The Balaban J connectivity index is 0.00000280. The molecule has 0 bridgehead atoms. The van der Waals surface area contributed by atoms with E-state index in [4.69, 9.17) is 0 Å². The van der Waals surface area contributed by atoms with Gasteiger partial charge in [0, 0.05) is 42.1 Å². The number of halogens is 1. The van der Waals surface area contributed by atoms with Crippen molar-refractivity contribution in [3.63, 3.8) is 0 Å². The van der Waals surface area contributed by atoms with E-state index in [0.717, 1.165) is 12.1 Å². The maximum Gasteiger partial charge on any atom is 0.323 e. The van der Waals surface area contributed by atoms with Crippen molar-refractivity contribution in [2.45, 2.75) is 32.9 Å². The standard InChI is InChI=1S/C21H26N4O2.ClH/c1-14-9-10-17(20(26)25-12-11-22-15(2)16(25)3)13-19(14)24-21(27)23-18-7-5-4-6-8-18;/h4-10,13,15-16,22H,11-12H2,1-3H3,(H2,23,24,27);1H. The maximum atomic E-state index is 13.0. The largest absolute Gasteiger partial charge is 0.333 e. The monoisotopic (exact) mass is 402 g/mol. The van der Waals surface area contributed by atoms with Crippen LogP contribution in [0.5, 0.6) is 0 Å². The first kappa shape index (κ1) is 21.7. The van der Waals surface area contributed by atoms with Gasteiger partial charge in [-0.2, -0.15) is 0 Å². The van der Waals surface area contributed by atoms with Crippen LogP contribution in [0.3, 0.4) is 0 Å². The second kappa shape index (κ2) is 9.57. The SMILES string of the molecule is Cc1ccc(C(=O)N2CCNC(C)C2C)cc1NC(=O)Nc1ccccc1.Cl. The Bertz CT molecular complexity index is 828. The lowest BCUT2D eigenvalue weighted by atomic mass is 10.0. The fraction of sp³-hybridized carbons (Fsp3) is 0.333. The number of carbonyl (C=O) groups excluding carboxylic acids is 2. The molecule has 1 fully saturated rings. The van der Waals surface area contributed by atoms with E-state index in [1.807, 2.05) is 54.3 Å². The molecule has 6 nitrogen and oxygen atoms in total. The Morgan fingerprint density at radius 2 is 1.79 bits per heavy atom. The van der Waals surface area contributed by atoms with Gasteiger partial charge in [-0.1, -0.05) is 24.3 Å². The van der Waals surface area contributed by atoms with E-state index in [9.17, 15) is 9.59 Å². The van der Waals surface area contributed by atoms with Gasteiger partial charge in [-0.3, -0.25) is 4.79 Å². The molecule has 1 aliphatic heterocycles. The third-order valence-electron chi connectivity index (χ3n) is 5.06. The minimum atomic E-state index is -0.335. The van der Waals surface area contributed by atoms with Crippen molar-refractivity contribution >= 4 is 35.7 Å². The molecule has 1 saturated heterocycles. The average molecular weight is 403 g/mol. The van der Waals surface area contributed by atoms with E-state index in [1.54, 1.807) is 6.07 Å². The van der Waals surface area contributed by atoms with Crippen molar-refractivity contribution in [3.05, 3.63) is 59.7 Å². The van der Waals surface area contributed by atoms with E-state index in [-0.39, 0.29) is 36.4 Å². The zero-order valence-electron chi connectivity index (χ0n) is 16.4. The number of amides is 3. The lowest BCUT2D eigenvalue weighted by molar-refractivity contribution is 0.0603. The Labute approximate surface area is 172 Å². The second-order valence-electron chi connectivity index (χ2n) is 6.96. The van der Waals surface area contributed by atoms with Crippen molar-refractivity contribution in [3.8, 4) is 0 Å². The number of aryl methyl sites for hydroxylation is 1. The highest BCUT2D eigenvalue weighted by atomic mass is 35.5. The Morgan fingerprint density at radius 3 is 2.50 bits per heavy atom. The van der Waals surface area contributed by atoms with Crippen LogP contribution < -0.4 is 16.0 Å². The van der Waals surface area contributed by atoms with Crippen molar-refractivity contribution < 1.29 is 9.59 Å². The molecule has 2 aromatic carbocycles. The van der Waals surface area contributed by atoms with Crippen LogP contribution in [0.25, 0.3) is 0 Å². The van der Waals surface area contributed by atoms with Gasteiger partial charge in [0.05, 0.1) is 0 Å². The maximum absolute atomic E-state index is 13.0. The van der Waals surface area contributed by atoms with Gasteiger partial charge in [0.2, 0.25) is 0 Å². The summed E-state index contributed by atoms with van der Waals surface area (Å²) >= 11 is 0. The van der Waals surface area contributed by atoms with Gasteiger partial charge in [-0.15, -0.1) is 12.4 Å². The van der Waals surface area contributed by atoms with Crippen LogP contribution in [0.2, 0.25) is 0 Å². The number of anilines is 2. The zero-order chi connectivity index (χ0) is 19.4. The average Bonchev–Trinajstić information content (AvgIpc) is 2.66. The number of para-hydroxylation sites is 1. The number of nitrogens with one attached hydrogen (secondary N) is 3. The highest BCUT2D eigenvalue weighted by Crippen LogP contribution is 2.21. The lowest BCUT2D eigenvalue weighted by Crippen LogP contribution is -2.57. The summed E-state index contributed by atoms with van der Waals surface area (Å²) in [7, 11) is 0. The molecule has 1 aliphatic rings. The van der Waals surface area contributed by atoms with E-state index >= 15 is 0 Å².